The first-order valence-corrected chi connectivity index (χ1v) is 17.4. The highest BCUT2D eigenvalue weighted by Gasteiger charge is 2.46. The first-order chi connectivity index (χ1) is 14.1. The molecule has 5 nitrogen and oxygen atoms in total. The van der Waals surface area contributed by atoms with Gasteiger partial charge in [0.05, 0.1) is 29.3 Å². The van der Waals surface area contributed by atoms with Gasteiger partial charge in [0.15, 0.2) is 16.6 Å². The monoisotopic (exact) mass is 479 g/mol. The second-order valence-corrected chi connectivity index (χ2v) is 21.3. The highest BCUT2D eigenvalue weighted by atomic mass is 32.1. The quantitative estimate of drug-likeness (QED) is 0.255. The minimum atomic E-state index is -1.97. The van der Waals surface area contributed by atoms with Crippen LogP contribution in [0, 0.1) is 0 Å². The largest absolute Gasteiger partial charge is 0.411 e. The van der Waals surface area contributed by atoms with Crippen LogP contribution in [0.5, 0.6) is 0 Å². The van der Waals surface area contributed by atoms with Crippen molar-refractivity contribution in [2.24, 2.45) is 4.99 Å². The fourth-order valence-electron chi connectivity index (χ4n) is 3.25. The summed E-state index contributed by atoms with van der Waals surface area (Å²) < 4.78 is 13.9. The summed E-state index contributed by atoms with van der Waals surface area (Å²) >= 11 is 4.85. The number of isothiocyanates is 1. The van der Waals surface area contributed by atoms with Crippen molar-refractivity contribution in [3.63, 3.8) is 0 Å². The Bertz CT molecular complexity index is 812. The Hall–Kier alpha value is -0.896. The third-order valence-electron chi connectivity index (χ3n) is 7.29. The van der Waals surface area contributed by atoms with Crippen molar-refractivity contribution in [1.29, 1.82) is 0 Å². The van der Waals surface area contributed by atoms with Gasteiger partial charge in [-0.2, -0.15) is 4.99 Å². The van der Waals surface area contributed by atoms with E-state index >= 15 is 0 Å². The number of pyridine rings is 1. The highest BCUT2D eigenvalue weighted by Crippen LogP contribution is 2.42. The lowest BCUT2D eigenvalue weighted by Crippen LogP contribution is -2.58. The molecule has 0 N–H and O–H groups in total. The average molecular weight is 480 g/mol. The zero-order valence-corrected chi connectivity index (χ0v) is 23.9. The second-order valence-electron chi connectivity index (χ2n) is 11.6. The minimum Gasteiger partial charge on any atom is -0.411 e. The predicted octanol–water partition coefficient (Wildman–Crippen LogP) is 6.81. The van der Waals surface area contributed by atoms with Crippen molar-refractivity contribution < 1.29 is 8.85 Å². The molecule has 1 aliphatic rings. The van der Waals surface area contributed by atoms with E-state index in [0.29, 0.717) is 0 Å². The van der Waals surface area contributed by atoms with E-state index in [1.165, 1.54) is 0 Å². The van der Waals surface area contributed by atoms with Gasteiger partial charge in [-0.05, 0) is 61.0 Å². The summed E-state index contributed by atoms with van der Waals surface area (Å²) in [5, 5.41) is 2.79. The predicted molar refractivity (Wildman–Crippen MR) is 140 cm³/mol. The SMILES string of the molecule is CC(C)(C)[Si](C)(C)O[C@H]1CCN(c2ccncc2N=C=S)C[C@@H]1O[Si](C)(C)C(C)(C)C. The van der Waals surface area contributed by atoms with Gasteiger partial charge >= 0.3 is 0 Å². The average Bonchev–Trinajstić information content (AvgIpc) is 2.61. The maximum absolute atomic E-state index is 6.98. The van der Waals surface area contributed by atoms with Crippen molar-refractivity contribution in [3.05, 3.63) is 18.5 Å². The number of hydrogen-bond acceptors (Lipinski definition) is 6. The van der Waals surface area contributed by atoms with E-state index in [1.54, 1.807) is 12.4 Å². The van der Waals surface area contributed by atoms with Crippen molar-refractivity contribution in [2.45, 2.75) is 96.4 Å². The molecule has 1 saturated heterocycles. The molecular formula is C23H41N3O2SSi2. The summed E-state index contributed by atoms with van der Waals surface area (Å²) in [6.45, 7) is 24.7. The number of nitrogens with zero attached hydrogens (tertiary/aromatic N) is 3. The van der Waals surface area contributed by atoms with Gasteiger partial charge in [0, 0.05) is 19.3 Å². The zero-order valence-electron chi connectivity index (χ0n) is 21.1. The smallest absolute Gasteiger partial charge is 0.192 e. The summed E-state index contributed by atoms with van der Waals surface area (Å²) in [5.41, 5.74) is 1.79. The van der Waals surface area contributed by atoms with E-state index in [0.717, 1.165) is 30.9 Å². The van der Waals surface area contributed by atoms with Crippen LogP contribution in [0.4, 0.5) is 11.4 Å². The first kappa shape index (κ1) is 26.4. The van der Waals surface area contributed by atoms with E-state index in [4.69, 9.17) is 21.1 Å². The molecule has 0 radical (unpaired) electrons. The second kappa shape index (κ2) is 9.53. The third kappa shape index (κ3) is 6.33. The molecule has 1 aromatic rings. The number of thiocarbonyl (C=S) groups is 1. The molecule has 0 unspecified atom stereocenters. The Morgan fingerprint density at radius 1 is 1.03 bits per heavy atom. The van der Waals surface area contributed by atoms with E-state index in [-0.39, 0.29) is 22.3 Å². The van der Waals surface area contributed by atoms with Gasteiger partial charge in [0.2, 0.25) is 0 Å². The summed E-state index contributed by atoms with van der Waals surface area (Å²) in [6, 6.07) is 2.00. The van der Waals surface area contributed by atoms with Crippen LogP contribution in [-0.4, -0.2) is 52.1 Å². The molecule has 0 spiro atoms. The van der Waals surface area contributed by atoms with Gasteiger partial charge in [0.1, 0.15) is 5.69 Å². The van der Waals surface area contributed by atoms with Crippen LogP contribution in [0.2, 0.25) is 36.3 Å². The molecule has 0 aliphatic carbocycles. The fourth-order valence-corrected chi connectivity index (χ4v) is 6.07. The van der Waals surface area contributed by atoms with Gasteiger partial charge in [-0.3, -0.25) is 4.98 Å². The number of anilines is 1. The molecular weight excluding hydrogens is 439 g/mol. The summed E-state index contributed by atoms with van der Waals surface area (Å²) in [4.78, 5) is 10.8. The lowest BCUT2D eigenvalue weighted by molar-refractivity contribution is 0.0232. The highest BCUT2D eigenvalue weighted by molar-refractivity contribution is 7.78. The van der Waals surface area contributed by atoms with Crippen molar-refractivity contribution in [2.75, 3.05) is 18.0 Å². The molecule has 1 aliphatic heterocycles. The normalized spacial score (nSPS) is 21.0. The van der Waals surface area contributed by atoms with Crippen LogP contribution in [-0.2, 0) is 8.85 Å². The minimum absolute atomic E-state index is 0.0150. The Labute approximate surface area is 196 Å². The first-order valence-electron chi connectivity index (χ1n) is 11.2. The number of piperidine rings is 1. The van der Waals surface area contributed by atoms with Gasteiger partial charge < -0.3 is 13.8 Å². The van der Waals surface area contributed by atoms with E-state index in [9.17, 15) is 0 Å². The van der Waals surface area contributed by atoms with E-state index in [2.05, 4.69) is 87.8 Å². The maximum atomic E-state index is 6.98. The van der Waals surface area contributed by atoms with Crippen LogP contribution in [0.15, 0.2) is 23.5 Å². The fraction of sp³-hybridized carbons (Fsp3) is 0.739. The third-order valence-corrected chi connectivity index (χ3v) is 16.4. The standard InChI is InChI=1S/C23H41N3O2SSi2/c1-22(2,3)30(7,8)27-20-12-14-26(19-11-13-24-15-18(19)25-17-29)16-21(20)28-31(9,10)23(4,5)6/h11,13,15,20-21H,12,14,16H2,1-10H3/t20-,21-/m0/s1. The molecule has 0 saturated carbocycles. The lowest BCUT2D eigenvalue weighted by atomic mass is 10.0. The van der Waals surface area contributed by atoms with E-state index in [1.807, 2.05) is 6.07 Å². The summed E-state index contributed by atoms with van der Waals surface area (Å²) in [7, 11) is -3.89. The van der Waals surface area contributed by atoms with E-state index < -0.39 is 16.6 Å². The molecule has 8 heteroatoms. The van der Waals surface area contributed by atoms with Gasteiger partial charge in [-0.15, -0.1) is 0 Å². The van der Waals surface area contributed by atoms with Crippen molar-refractivity contribution >= 4 is 45.4 Å². The Morgan fingerprint density at radius 2 is 1.58 bits per heavy atom. The van der Waals surface area contributed by atoms with Crippen molar-refractivity contribution in [3.8, 4) is 0 Å². The van der Waals surface area contributed by atoms with Crippen molar-refractivity contribution in [1.82, 2.24) is 4.98 Å². The maximum Gasteiger partial charge on any atom is 0.192 e. The van der Waals surface area contributed by atoms with Crippen LogP contribution in [0.3, 0.4) is 0 Å². The van der Waals surface area contributed by atoms with Crippen LogP contribution in [0.25, 0.3) is 0 Å². The molecule has 1 aromatic heterocycles. The molecule has 0 amide bonds. The molecule has 31 heavy (non-hydrogen) atoms. The zero-order chi connectivity index (χ0) is 23.7. The molecule has 1 fully saturated rings. The Balaban J connectivity index is 2.36. The molecule has 174 valence electrons. The summed E-state index contributed by atoms with van der Waals surface area (Å²) in [6.07, 6.45) is 4.59. The van der Waals surface area contributed by atoms with Gasteiger partial charge in [0.25, 0.3) is 0 Å². The van der Waals surface area contributed by atoms with Gasteiger partial charge in [-0.1, -0.05) is 41.5 Å². The number of rotatable bonds is 6. The Morgan fingerprint density at radius 3 is 2.10 bits per heavy atom. The lowest BCUT2D eigenvalue weighted by Gasteiger charge is -2.49. The van der Waals surface area contributed by atoms with Crippen LogP contribution < -0.4 is 4.90 Å². The molecule has 0 aromatic carbocycles. The van der Waals surface area contributed by atoms with Crippen LogP contribution in [0.1, 0.15) is 48.0 Å². The molecule has 0 bridgehead atoms. The van der Waals surface area contributed by atoms with Crippen LogP contribution >= 0.6 is 12.2 Å². The molecule has 2 heterocycles. The topological polar surface area (TPSA) is 47.0 Å². The number of aliphatic imine (C=N–C) groups is 1. The Kier molecular flexibility index (Phi) is 8.11. The van der Waals surface area contributed by atoms with Gasteiger partial charge in [-0.25, -0.2) is 0 Å². The number of aromatic nitrogens is 1. The molecule has 2 rings (SSSR count). The molecule has 2 atom stereocenters. The number of hydrogen-bond donors (Lipinski definition) is 0. The summed E-state index contributed by atoms with van der Waals surface area (Å²) in [5.74, 6) is 0.